The number of hydrogen-bond donors (Lipinski definition) is 1. The predicted octanol–water partition coefficient (Wildman–Crippen LogP) is 4.18. The van der Waals surface area contributed by atoms with Gasteiger partial charge >= 0.3 is 0 Å². The summed E-state index contributed by atoms with van der Waals surface area (Å²) in [6, 6.07) is 14.4. The van der Waals surface area contributed by atoms with Gasteiger partial charge in [0.25, 0.3) is 0 Å². The van der Waals surface area contributed by atoms with Crippen LogP contribution in [0.1, 0.15) is 37.7 Å². The van der Waals surface area contributed by atoms with E-state index >= 15 is 0 Å². The minimum absolute atomic E-state index is 0.0521. The smallest absolute Gasteiger partial charge is 0.244 e. The molecule has 1 amide bonds. The fourth-order valence-electron chi connectivity index (χ4n) is 4.03. The van der Waals surface area contributed by atoms with Crippen LogP contribution >= 0.6 is 11.6 Å². The van der Waals surface area contributed by atoms with Crippen LogP contribution in [0.25, 0.3) is 0 Å². The maximum atomic E-state index is 13.1. The molecule has 0 spiro atoms. The standard InChI is InChI=1S/C21H23ClN2O3S/c22-18-10-9-17(15-19(18)28(26,27)24-13-4-5-14-24)23-20(25)21(11-6-12-21)16-7-2-1-3-8-16/h1-3,7-10,15H,4-6,11-14H2,(H,23,25). The Labute approximate surface area is 170 Å². The summed E-state index contributed by atoms with van der Waals surface area (Å²) in [6.07, 6.45) is 4.28. The molecule has 5 nitrogen and oxygen atoms in total. The monoisotopic (exact) mass is 418 g/mol. The number of nitrogens with zero attached hydrogens (tertiary/aromatic N) is 1. The molecular weight excluding hydrogens is 396 g/mol. The summed E-state index contributed by atoms with van der Waals surface area (Å²) in [5.74, 6) is -0.100. The van der Waals surface area contributed by atoms with Crippen molar-refractivity contribution < 1.29 is 13.2 Å². The summed E-state index contributed by atoms with van der Waals surface area (Å²) in [4.78, 5) is 13.2. The third-order valence-corrected chi connectivity index (χ3v) is 8.22. The molecular formula is C21H23ClN2O3S. The molecule has 0 radical (unpaired) electrons. The number of nitrogens with one attached hydrogen (secondary N) is 1. The average molecular weight is 419 g/mol. The number of hydrogen-bond acceptors (Lipinski definition) is 3. The number of halogens is 1. The highest BCUT2D eigenvalue weighted by molar-refractivity contribution is 7.89. The molecule has 2 aromatic rings. The Balaban J connectivity index is 1.61. The number of benzene rings is 2. The van der Waals surface area contributed by atoms with Gasteiger partial charge in [0.05, 0.1) is 10.4 Å². The zero-order valence-corrected chi connectivity index (χ0v) is 17.1. The van der Waals surface area contributed by atoms with Crippen molar-refractivity contribution in [1.29, 1.82) is 0 Å². The van der Waals surface area contributed by atoms with Crippen LogP contribution in [-0.2, 0) is 20.2 Å². The Morgan fingerprint density at radius 1 is 1.00 bits per heavy atom. The van der Waals surface area contributed by atoms with Crippen LogP contribution < -0.4 is 5.32 Å². The maximum absolute atomic E-state index is 13.1. The average Bonchev–Trinajstić information content (AvgIpc) is 3.19. The fourth-order valence-corrected chi connectivity index (χ4v) is 6.05. The number of carbonyl (C=O) groups is 1. The Morgan fingerprint density at radius 2 is 1.68 bits per heavy atom. The molecule has 148 valence electrons. The van der Waals surface area contributed by atoms with E-state index in [0.717, 1.165) is 37.7 Å². The second kappa shape index (κ2) is 7.50. The molecule has 2 fully saturated rings. The lowest BCUT2D eigenvalue weighted by atomic mass is 9.64. The van der Waals surface area contributed by atoms with Gasteiger partial charge in [-0.15, -0.1) is 0 Å². The van der Waals surface area contributed by atoms with Crippen molar-refractivity contribution in [3.8, 4) is 0 Å². The molecule has 0 bridgehead atoms. The van der Waals surface area contributed by atoms with E-state index in [9.17, 15) is 13.2 Å². The van der Waals surface area contributed by atoms with Gasteiger partial charge in [-0.3, -0.25) is 4.79 Å². The predicted molar refractivity (Wildman–Crippen MR) is 110 cm³/mol. The molecule has 1 saturated heterocycles. The number of amides is 1. The topological polar surface area (TPSA) is 66.5 Å². The summed E-state index contributed by atoms with van der Waals surface area (Å²) < 4.78 is 27.3. The van der Waals surface area contributed by atoms with Gasteiger partial charge in [-0.2, -0.15) is 4.31 Å². The highest BCUT2D eigenvalue weighted by Gasteiger charge is 2.45. The van der Waals surface area contributed by atoms with Crippen molar-refractivity contribution in [2.24, 2.45) is 0 Å². The maximum Gasteiger partial charge on any atom is 0.244 e. The van der Waals surface area contributed by atoms with E-state index in [0.29, 0.717) is 18.8 Å². The lowest BCUT2D eigenvalue weighted by molar-refractivity contribution is -0.124. The number of sulfonamides is 1. The first-order valence-corrected chi connectivity index (χ1v) is 11.4. The van der Waals surface area contributed by atoms with Gasteiger partial charge in [-0.1, -0.05) is 48.4 Å². The van der Waals surface area contributed by atoms with Gasteiger partial charge in [0, 0.05) is 18.8 Å². The van der Waals surface area contributed by atoms with Crippen LogP contribution in [0.4, 0.5) is 5.69 Å². The van der Waals surface area contributed by atoms with E-state index in [1.54, 1.807) is 6.07 Å². The molecule has 2 aliphatic rings. The van der Waals surface area contributed by atoms with Gasteiger partial charge in [0.1, 0.15) is 4.90 Å². The minimum Gasteiger partial charge on any atom is -0.325 e. The van der Waals surface area contributed by atoms with E-state index in [-0.39, 0.29) is 15.8 Å². The van der Waals surface area contributed by atoms with Crippen molar-refractivity contribution >= 4 is 33.2 Å². The molecule has 0 atom stereocenters. The molecule has 1 aliphatic carbocycles. The largest absolute Gasteiger partial charge is 0.325 e. The second-order valence-electron chi connectivity index (χ2n) is 7.51. The SMILES string of the molecule is O=C(Nc1ccc(Cl)c(S(=O)(=O)N2CCCC2)c1)C1(c2ccccc2)CCC1. The van der Waals surface area contributed by atoms with Crippen molar-refractivity contribution in [3.63, 3.8) is 0 Å². The first kappa shape index (κ1) is 19.4. The van der Waals surface area contributed by atoms with Crippen LogP contribution in [0.3, 0.4) is 0 Å². The number of anilines is 1. The lowest BCUT2D eigenvalue weighted by Crippen LogP contribution is -2.46. The summed E-state index contributed by atoms with van der Waals surface area (Å²) in [6.45, 7) is 1.01. The van der Waals surface area contributed by atoms with E-state index < -0.39 is 15.4 Å². The normalized spacial score (nSPS) is 19.2. The Hall–Kier alpha value is -1.89. The third kappa shape index (κ3) is 3.34. The molecule has 4 rings (SSSR count). The molecule has 1 heterocycles. The fraction of sp³-hybridized carbons (Fsp3) is 0.381. The molecule has 0 aromatic heterocycles. The quantitative estimate of drug-likeness (QED) is 0.791. The summed E-state index contributed by atoms with van der Waals surface area (Å²) in [5, 5.41) is 3.11. The molecule has 1 saturated carbocycles. The number of carbonyl (C=O) groups excluding carboxylic acids is 1. The second-order valence-corrected chi connectivity index (χ2v) is 9.83. The highest BCUT2D eigenvalue weighted by Crippen LogP contribution is 2.44. The van der Waals surface area contributed by atoms with Crippen molar-refractivity contribution in [3.05, 3.63) is 59.1 Å². The molecule has 2 aromatic carbocycles. The van der Waals surface area contributed by atoms with Crippen molar-refractivity contribution in [2.75, 3.05) is 18.4 Å². The van der Waals surface area contributed by atoms with E-state index in [4.69, 9.17) is 11.6 Å². The van der Waals surface area contributed by atoms with Crippen molar-refractivity contribution in [2.45, 2.75) is 42.4 Å². The van der Waals surface area contributed by atoms with Crippen LogP contribution in [0, 0.1) is 0 Å². The summed E-state index contributed by atoms with van der Waals surface area (Å²) >= 11 is 6.20. The minimum atomic E-state index is -3.66. The highest BCUT2D eigenvalue weighted by atomic mass is 35.5. The molecule has 28 heavy (non-hydrogen) atoms. The molecule has 1 aliphatic heterocycles. The Bertz CT molecular complexity index is 982. The first-order chi connectivity index (χ1) is 13.4. The zero-order chi connectivity index (χ0) is 19.8. The molecule has 1 N–H and O–H groups in total. The van der Waals surface area contributed by atoms with Gasteiger partial charge in [0.2, 0.25) is 15.9 Å². The third-order valence-electron chi connectivity index (χ3n) is 5.84. The Morgan fingerprint density at radius 3 is 2.29 bits per heavy atom. The summed E-state index contributed by atoms with van der Waals surface area (Å²) in [7, 11) is -3.66. The van der Waals surface area contributed by atoms with E-state index in [1.165, 1.54) is 16.4 Å². The zero-order valence-electron chi connectivity index (χ0n) is 15.5. The molecule has 0 unspecified atom stereocenters. The van der Waals surface area contributed by atoms with Gasteiger partial charge in [0.15, 0.2) is 0 Å². The summed E-state index contributed by atoms with van der Waals surface area (Å²) in [5.41, 5.74) is 0.904. The van der Waals surface area contributed by atoms with Gasteiger partial charge in [-0.25, -0.2) is 8.42 Å². The molecule has 7 heteroatoms. The van der Waals surface area contributed by atoms with E-state index in [2.05, 4.69) is 5.32 Å². The van der Waals surface area contributed by atoms with Gasteiger partial charge < -0.3 is 5.32 Å². The number of rotatable bonds is 5. The van der Waals surface area contributed by atoms with Crippen LogP contribution in [0.2, 0.25) is 5.02 Å². The Kier molecular flexibility index (Phi) is 5.21. The first-order valence-electron chi connectivity index (χ1n) is 9.60. The van der Waals surface area contributed by atoms with Crippen LogP contribution in [-0.4, -0.2) is 31.7 Å². The van der Waals surface area contributed by atoms with Crippen LogP contribution in [0.5, 0.6) is 0 Å². The van der Waals surface area contributed by atoms with Crippen molar-refractivity contribution in [1.82, 2.24) is 4.31 Å². The van der Waals surface area contributed by atoms with Crippen LogP contribution in [0.15, 0.2) is 53.4 Å². The van der Waals surface area contributed by atoms with E-state index in [1.807, 2.05) is 30.3 Å². The lowest BCUT2D eigenvalue weighted by Gasteiger charge is -2.40. The van der Waals surface area contributed by atoms with Gasteiger partial charge in [-0.05, 0) is 49.4 Å².